The van der Waals surface area contributed by atoms with Crippen LogP contribution < -0.4 is 5.32 Å². The van der Waals surface area contributed by atoms with E-state index >= 15 is 0 Å². The molecule has 0 amide bonds. The fourth-order valence-electron chi connectivity index (χ4n) is 2.96. The molecule has 0 aromatic carbocycles. The molecule has 0 spiro atoms. The summed E-state index contributed by atoms with van der Waals surface area (Å²) in [6.07, 6.45) is 5.12. The molecule has 2 rings (SSSR count). The van der Waals surface area contributed by atoms with E-state index in [1.807, 2.05) is 11.3 Å². The lowest BCUT2D eigenvalue weighted by atomic mass is 10.0. The first-order chi connectivity index (χ1) is 10.1. The van der Waals surface area contributed by atoms with Gasteiger partial charge in [-0.2, -0.15) is 0 Å². The zero-order chi connectivity index (χ0) is 15.2. The fraction of sp³-hybridized carbons (Fsp3) is 0.824. The van der Waals surface area contributed by atoms with Crippen molar-refractivity contribution in [3.8, 4) is 0 Å². The molecule has 1 atom stereocenters. The van der Waals surface area contributed by atoms with Gasteiger partial charge >= 0.3 is 0 Å². The van der Waals surface area contributed by atoms with Crippen molar-refractivity contribution < 1.29 is 0 Å². The Morgan fingerprint density at radius 3 is 2.86 bits per heavy atom. The Morgan fingerprint density at radius 2 is 2.19 bits per heavy atom. The molecule has 4 heteroatoms. The zero-order valence-electron chi connectivity index (χ0n) is 14.1. The Morgan fingerprint density at radius 1 is 1.38 bits per heavy atom. The normalized spacial score (nSPS) is 20.3. The second-order valence-corrected chi connectivity index (χ2v) is 7.84. The third kappa shape index (κ3) is 5.04. The van der Waals surface area contributed by atoms with Crippen molar-refractivity contribution in [2.24, 2.45) is 5.92 Å². The molecule has 1 fully saturated rings. The fourth-order valence-corrected chi connectivity index (χ4v) is 4.11. The Kier molecular flexibility index (Phi) is 6.65. The van der Waals surface area contributed by atoms with E-state index in [1.54, 1.807) is 0 Å². The monoisotopic (exact) mass is 309 g/mol. The molecule has 1 aliphatic heterocycles. The Balaban J connectivity index is 1.95. The summed E-state index contributed by atoms with van der Waals surface area (Å²) in [6.45, 7) is 13.4. The number of rotatable bonds is 7. The first-order valence-electron chi connectivity index (χ1n) is 8.52. The van der Waals surface area contributed by atoms with Crippen LogP contribution in [0, 0.1) is 5.92 Å². The molecule has 1 aliphatic rings. The maximum Gasteiger partial charge on any atom is 0.107 e. The average molecular weight is 310 g/mol. The van der Waals surface area contributed by atoms with Crippen molar-refractivity contribution in [1.82, 2.24) is 15.2 Å². The third-order valence-electron chi connectivity index (χ3n) is 4.27. The van der Waals surface area contributed by atoms with E-state index in [0.717, 1.165) is 32.1 Å². The molecule has 0 aliphatic carbocycles. The molecule has 1 unspecified atom stereocenters. The number of hydrogen-bond donors (Lipinski definition) is 1. The second kappa shape index (κ2) is 8.25. The highest BCUT2D eigenvalue weighted by molar-refractivity contribution is 7.11. The molecule has 1 aromatic heterocycles. The number of aromatic nitrogens is 1. The minimum Gasteiger partial charge on any atom is -0.312 e. The van der Waals surface area contributed by atoms with Gasteiger partial charge < -0.3 is 5.32 Å². The molecule has 2 heterocycles. The quantitative estimate of drug-likeness (QED) is 0.830. The van der Waals surface area contributed by atoms with Gasteiger partial charge in [-0.1, -0.05) is 27.2 Å². The van der Waals surface area contributed by atoms with Gasteiger partial charge in [-0.3, -0.25) is 4.90 Å². The van der Waals surface area contributed by atoms with Gasteiger partial charge in [0.2, 0.25) is 0 Å². The Hall–Kier alpha value is -0.450. The van der Waals surface area contributed by atoms with Crippen molar-refractivity contribution in [3.63, 3.8) is 0 Å². The highest BCUT2D eigenvalue weighted by Gasteiger charge is 2.20. The summed E-state index contributed by atoms with van der Waals surface area (Å²) < 4.78 is 0. The van der Waals surface area contributed by atoms with Crippen LogP contribution in [-0.4, -0.2) is 29.0 Å². The highest BCUT2D eigenvalue weighted by Crippen LogP contribution is 2.24. The van der Waals surface area contributed by atoms with Gasteiger partial charge in [0.05, 0.1) is 12.2 Å². The summed E-state index contributed by atoms with van der Waals surface area (Å²) in [5.74, 6) is 0.705. The van der Waals surface area contributed by atoms with Crippen molar-refractivity contribution >= 4 is 11.3 Å². The second-order valence-electron chi connectivity index (χ2n) is 6.67. The first-order valence-corrected chi connectivity index (χ1v) is 9.34. The summed E-state index contributed by atoms with van der Waals surface area (Å²) in [7, 11) is 0. The molecule has 3 nitrogen and oxygen atoms in total. The summed E-state index contributed by atoms with van der Waals surface area (Å²) in [5.41, 5.74) is 1.30. The number of hydrogen-bond acceptors (Lipinski definition) is 4. The Labute approximate surface area is 134 Å². The molecule has 120 valence electrons. The smallest absolute Gasteiger partial charge is 0.107 e. The van der Waals surface area contributed by atoms with Crippen LogP contribution in [0.3, 0.4) is 0 Å². The van der Waals surface area contributed by atoms with Crippen LogP contribution in [0.25, 0.3) is 0 Å². The minimum atomic E-state index is 0.705. The van der Waals surface area contributed by atoms with Gasteiger partial charge in [-0.25, -0.2) is 4.98 Å². The summed E-state index contributed by atoms with van der Waals surface area (Å²) >= 11 is 1.92. The Bertz CT molecular complexity index is 428. The SMILES string of the molecule is CCc1nc(CN2CCCCC2C)sc1CNCC(C)C. The van der Waals surface area contributed by atoms with Crippen LogP contribution in [0.1, 0.15) is 62.5 Å². The van der Waals surface area contributed by atoms with Crippen molar-refractivity contribution in [1.29, 1.82) is 0 Å². The molecule has 0 saturated carbocycles. The maximum atomic E-state index is 4.89. The summed E-state index contributed by atoms with van der Waals surface area (Å²) in [6, 6.07) is 0.718. The van der Waals surface area contributed by atoms with E-state index in [-0.39, 0.29) is 0 Å². The largest absolute Gasteiger partial charge is 0.312 e. The van der Waals surface area contributed by atoms with E-state index in [4.69, 9.17) is 4.98 Å². The molecular weight excluding hydrogens is 278 g/mol. The lowest BCUT2D eigenvalue weighted by Gasteiger charge is -2.32. The van der Waals surface area contributed by atoms with Crippen LogP contribution in [0.5, 0.6) is 0 Å². The first kappa shape index (κ1) is 16.9. The lowest BCUT2D eigenvalue weighted by Crippen LogP contribution is -2.36. The summed E-state index contributed by atoms with van der Waals surface area (Å²) in [4.78, 5) is 8.94. The maximum absolute atomic E-state index is 4.89. The van der Waals surface area contributed by atoms with Gasteiger partial charge in [0.15, 0.2) is 0 Å². The van der Waals surface area contributed by atoms with Crippen molar-refractivity contribution in [3.05, 3.63) is 15.6 Å². The molecule has 0 bridgehead atoms. The topological polar surface area (TPSA) is 28.2 Å². The molecule has 0 radical (unpaired) electrons. The van der Waals surface area contributed by atoms with Gasteiger partial charge in [-0.05, 0) is 45.2 Å². The predicted octanol–water partition coefficient (Wildman–Crippen LogP) is 3.83. The number of likely N-dealkylation sites (tertiary alicyclic amines) is 1. The average Bonchev–Trinajstić information content (AvgIpc) is 2.83. The number of piperidine rings is 1. The van der Waals surface area contributed by atoms with Crippen LogP contribution in [-0.2, 0) is 19.5 Å². The van der Waals surface area contributed by atoms with Gasteiger partial charge in [-0.15, -0.1) is 11.3 Å². The van der Waals surface area contributed by atoms with Gasteiger partial charge in [0, 0.05) is 17.5 Å². The number of nitrogens with one attached hydrogen (secondary N) is 1. The van der Waals surface area contributed by atoms with E-state index < -0.39 is 0 Å². The van der Waals surface area contributed by atoms with E-state index in [9.17, 15) is 0 Å². The van der Waals surface area contributed by atoms with Crippen molar-refractivity contribution in [2.75, 3.05) is 13.1 Å². The molecule has 1 aromatic rings. The molecule has 1 saturated heterocycles. The molecule has 1 N–H and O–H groups in total. The molecular formula is C17H31N3S. The van der Waals surface area contributed by atoms with Crippen LogP contribution >= 0.6 is 11.3 Å². The standard InChI is InChI=1S/C17H31N3S/c1-5-15-16(11-18-10-13(2)3)21-17(19-15)12-20-9-7-6-8-14(20)4/h13-14,18H,5-12H2,1-4H3. The van der Waals surface area contributed by atoms with Gasteiger partial charge in [0.25, 0.3) is 0 Å². The van der Waals surface area contributed by atoms with E-state index in [2.05, 4.69) is 37.9 Å². The molecule has 21 heavy (non-hydrogen) atoms. The van der Waals surface area contributed by atoms with E-state index in [0.29, 0.717) is 5.92 Å². The number of aryl methyl sites for hydroxylation is 1. The van der Waals surface area contributed by atoms with Crippen LogP contribution in [0.2, 0.25) is 0 Å². The zero-order valence-corrected chi connectivity index (χ0v) is 14.9. The lowest BCUT2D eigenvalue weighted by molar-refractivity contribution is 0.152. The summed E-state index contributed by atoms with van der Waals surface area (Å²) in [5, 5.41) is 4.87. The minimum absolute atomic E-state index is 0.705. The highest BCUT2D eigenvalue weighted by atomic mass is 32.1. The predicted molar refractivity (Wildman–Crippen MR) is 91.8 cm³/mol. The van der Waals surface area contributed by atoms with Crippen LogP contribution in [0.4, 0.5) is 0 Å². The van der Waals surface area contributed by atoms with Gasteiger partial charge in [0.1, 0.15) is 5.01 Å². The van der Waals surface area contributed by atoms with E-state index in [1.165, 1.54) is 41.4 Å². The van der Waals surface area contributed by atoms with Crippen LogP contribution in [0.15, 0.2) is 0 Å². The number of nitrogens with zero attached hydrogens (tertiary/aromatic N) is 2. The van der Waals surface area contributed by atoms with Crippen molar-refractivity contribution in [2.45, 2.75) is 72.5 Å². The number of thiazole rings is 1. The third-order valence-corrected chi connectivity index (χ3v) is 5.36.